The Balaban J connectivity index is 1.83. The van der Waals surface area contributed by atoms with Gasteiger partial charge in [-0.3, -0.25) is 4.79 Å². The predicted octanol–water partition coefficient (Wildman–Crippen LogP) is 4.29. The second-order valence-electron chi connectivity index (χ2n) is 7.10. The van der Waals surface area contributed by atoms with Crippen LogP contribution in [0.5, 0.6) is 23.0 Å². The fourth-order valence-electron chi connectivity index (χ4n) is 3.85. The van der Waals surface area contributed by atoms with Gasteiger partial charge in [0.1, 0.15) is 28.6 Å². The van der Waals surface area contributed by atoms with Gasteiger partial charge in [0.25, 0.3) is 0 Å². The Bertz CT molecular complexity index is 1250. The van der Waals surface area contributed by atoms with Crippen LogP contribution in [0.1, 0.15) is 34.3 Å². The molecule has 0 fully saturated rings. The molecule has 3 aromatic rings. The van der Waals surface area contributed by atoms with E-state index < -0.39 is 5.78 Å². The minimum absolute atomic E-state index is 0.0334. The van der Waals surface area contributed by atoms with Gasteiger partial charge in [0.2, 0.25) is 5.78 Å². The molecule has 0 aliphatic carbocycles. The number of Topliss-reactive ketones (excluding diaryl/α,β-unsaturated/α-hetero) is 1. The van der Waals surface area contributed by atoms with Crippen LogP contribution in [0, 0.1) is 18.3 Å². The van der Waals surface area contributed by atoms with Gasteiger partial charge >= 0.3 is 0 Å². The van der Waals surface area contributed by atoms with Crippen molar-refractivity contribution in [2.75, 3.05) is 7.11 Å². The van der Waals surface area contributed by atoms with Crippen LogP contribution >= 0.6 is 0 Å². The van der Waals surface area contributed by atoms with Gasteiger partial charge in [-0.15, -0.1) is 0 Å². The number of hydrogen-bond donors (Lipinski definition) is 2. The molecule has 7 nitrogen and oxygen atoms in total. The number of fused-ring (bicyclic) bond motifs is 2. The lowest BCUT2D eigenvalue weighted by atomic mass is 10.0. The number of aromatic hydroxyl groups is 2. The average molecular weight is 404 g/mol. The maximum absolute atomic E-state index is 12.8. The van der Waals surface area contributed by atoms with E-state index >= 15 is 0 Å². The number of carbonyl (C=O) groups is 1. The van der Waals surface area contributed by atoms with Gasteiger partial charge in [-0.2, -0.15) is 5.26 Å². The summed E-state index contributed by atoms with van der Waals surface area (Å²) >= 11 is 0. The minimum Gasteiger partial charge on any atom is -0.508 e. The molecule has 1 aliphatic rings. The molecular weight excluding hydrogens is 384 g/mol. The molecule has 0 saturated carbocycles. The summed E-state index contributed by atoms with van der Waals surface area (Å²) in [6.07, 6.45) is 4.70. The first kappa shape index (κ1) is 19.4. The summed E-state index contributed by atoms with van der Waals surface area (Å²) in [5.41, 5.74) is 2.68. The minimum atomic E-state index is -0.451. The topological polar surface area (TPSA) is 105 Å². The molecule has 2 N–H and O–H groups in total. The number of nitrogens with zero attached hydrogens (tertiary/aromatic N) is 2. The van der Waals surface area contributed by atoms with Crippen molar-refractivity contribution in [2.45, 2.75) is 26.3 Å². The normalized spacial score (nSPS) is 14.0. The number of unbranched alkanes of at least 4 members (excludes halogenated alkanes) is 1. The Morgan fingerprint density at radius 1 is 1.30 bits per heavy atom. The molecular formula is C23H20N2O5. The van der Waals surface area contributed by atoms with Crippen molar-refractivity contribution < 1.29 is 24.5 Å². The fourth-order valence-corrected chi connectivity index (χ4v) is 3.85. The summed E-state index contributed by atoms with van der Waals surface area (Å²) in [7, 11) is 1.60. The number of phenols is 2. The Labute approximate surface area is 173 Å². The van der Waals surface area contributed by atoms with Crippen LogP contribution in [0.15, 0.2) is 36.2 Å². The zero-order valence-corrected chi connectivity index (χ0v) is 16.6. The van der Waals surface area contributed by atoms with E-state index in [-0.39, 0.29) is 28.6 Å². The van der Waals surface area contributed by atoms with Crippen LogP contribution in [0.3, 0.4) is 0 Å². The summed E-state index contributed by atoms with van der Waals surface area (Å²) in [6.45, 7) is 2.60. The molecule has 0 bridgehead atoms. The molecule has 2 aromatic carbocycles. The van der Waals surface area contributed by atoms with E-state index in [2.05, 4.69) is 6.07 Å². The zero-order chi connectivity index (χ0) is 21.4. The van der Waals surface area contributed by atoms with Gasteiger partial charge < -0.3 is 24.3 Å². The first-order chi connectivity index (χ1) is 14.4. The van der Waals surface area contributed by atoms with Crippen LogP contribution in [0.25, 0.3) is 17.0 Å². The molecule has 0 radical (unpaired) electrons. The molecule has 0 atom stereocenters. The highest BCUT2D eigenvalue weighted by molar-refractivity contribution is 6.17. The number of aromatic nitrogens is 1. The highest BCUT2D eigenvalue weighted by Gasteiger charge is 2.31. The lowest BCUT2D eigenvalue weighted by molar-refractivity contribution is 0.101. The third-order valence-corrected chi connectivity index (χ3v) is 5.22. The predicted molar refractivity (Wildman–Crippen MR) is 111 cm³/mol. The highest BCUT2D eigenvalue weighted by atomic mass is 16.5. The van der Waals surface area contributed by atoms with Crippen molar-refractivity contribution in [1.29, 1.82) is 5.26 Å². The van der Waals surface area contributed by atoms with Crippen LogP contribution in [-0.2, 0) is 6.54 Å². The summed E-state index contributed by atoms with van der Waals surface area (Å²) in [5.74, 6) is -0.0555. The number of nitriles is 1. The Morgan fingerprint density at radius 2 is 2.10 bits per heavy atom. The molecule has 2 heterocycles. The average Bonchev–Trinajstić information content (AvgIpc) is 3.21. The number of ketones is 1. The van der Waals surface area contributed by atoms with Crippen LogP contribution in [-0.4, -0.2) is 27.7 Å². The molecule has 1 aromatic heterocycles. The number of hydrogen-bond acceptors (Lipinski definition) is 6. The third kappa shape index (κ3) is 3.12. The fraction of sp³-hybridized carbons (Fsp3) is 0.217. The number of methoxy groups -OCH3 is 1. The maximum Gasteiger partial charge on any atom is 0.235 e. The smallest absolute Gasteiger partial charge is 0.235 e. The van der Waals surface area contributed by atoms with E-state index in [9.17, 15) is 15.0 Å². The summed E-state index contributed by atoms with van der Waals surface area (Å²) in [6, 6.07) is 8.40. The summed E-state index contributed by atoms with van der Waals surface area (Å²) in [5, 5.41) is 29.5. The number of rotatable bonds is 5. The Morgan fingerprint density at radius 3 is 2.83 bits per heavy atom. The molecule has 7 heteroatoms. The van der Waals surface area contributed by atoms with Gasteiger partial charge in [-0.05, 0) is 31.6 Å². The van der Waals surface area contributed by atoms with E-state index in [1.807, 2.05) is 29.8 Å². The van der Waals surface area contributed by atoms with Crippen LogP contribution in [0.2, 0.25) is 0 Å². The second-order valence-corrected chi connectivity index (χ2v) is 7.10. The standard InChI is InChI=1S/C23H20N2O5/c1-13-18(29-2)6-5-16-21(13)14(12-25(16)8-4-3-7-24)9-20-23(28)22-17(27)10-15(26)11-19(22)30-20/h5-6,9-12,26-27H,3-4,8H2,1-2H3/b20-9+. The maximum atomic E-state index is 12.8. The van der Waals surface area contributed by atoms with Crippen molar-refractivity contribution >= 4 is 22.8 Å². The molecule has 0 spiro atoms. The van der Waals surface area contributed by atoms with Gasteiger partial charge in [-0.25, -0.2) is 0 Å². The molecule has 1 aliphatic heterocycles. The van der Waals surface area contributed by atoms with Gasteiger partial charge in [0, 0.05) is 53.3 Å². The molecule has 0 amide bonds. The van der Waals surface area contributed by atoms with Gasteiger partial charge in [0.15, 0.2) is 5.76 Å². The Hall–Kier alpha value is -3.92. The molecule has 4 rings (SSSR count). The monoisotopic (exact) mass is 404 g/mol. The SMILES string of the molecule is COc1ccc2c(c(/C=C3/Oc4cc(O)cc(O)c4C3=O)cn2CCCC#N)c1C. The van der Waals surface area contributed by atoms with Gasteiger partial charge in [0.05, 0.1) is 13.2 Å². The second kappa shape index (κ2) is 7.48. The number of carbonyl (C=O) groups excluding carboxylic acids is 1. The largest absolute Gasteiger partial charge is 0.508 e. The number of aryl methyl sites for hydroxylation is 2. The molecule has 0 saturated heterocycles. The van der Waals surface area contributed by atoms with Crippen molar-refractivity contribution in [3.63, 3.8) is 0 Å². The number of phenolic OH excluding ortho intramolecular Hbond substituents is 2. The zero-order valence-electron chi connectivity index (χ0n) is 16.6. The molecule has 152 valence electrons. The quantitative estimate of drug-likeness (QED) is 0.486. The van der Waals surface area contributed by atoms with E-state index in [0.29, 0.717) is 19.4 Å². The summed E-state index contributed by atoms with van der Waals surface area (Å²) < 4.78 is 13.1. The van der Waals surface area contributed by atoms with E-state index in [1.165, 1.54) is 6.07 Å². The number of allylic oxidation sites excluding steroid dienone is 1. The van der Waals surface area contributed by atoms with Crippen LogP contribution in [0.4, 0.5) is 0 Å². The number of benzene rings is 2. The third-order valence-electron chi connectivity index (χ3n) is 5.22. The van der Waals surface area contributed by atoms with E-state index in [1.54, 1.807) is 13.2 Å². The van der Waals surface area contributed by atoms with Crippen molar-refractivity contribution in [3.8, 4) is 29.1 Å². The first-order valence-electron chi connectivity index (χ1n) is 9.48. The van der Waals surface area contributed by atoms with Crippen LogP contribution < -0.4 is 9.47 Å². The van der Waals surface area contributed by atoms with Crippen molar-refractivity contribution in [1.82, 2.24) is 4.57 Å². The summed E-state index contributed by atoms with van der Waals surface area (Å²) in [4.78, 5) is 12.8. The number of ether oxygens (including phenoxy) is 2. The molecule has 30 heavy (non-hydrogen) atoms. The lowest BCUT2D eigenvalue weighted by Gasteiger charge is -2.08. The van der Waals surface area contributed by atoms with E-state index in [0.717, 1.165) is 33.8 Å². The molecule has 0 unspecified atom stereocenters. The first-order valence-corrected chi connectivity index (χ1v) is 9.48. The van der Waals surface area contributed by atoms with Crippen molar-refractivity contribution in [3.05, 3.63) is 52.9 Å². The van der Waals surface area contributed by atoms with Gasteiger partial charge in [-0.1, -0.05) is 0 Å². The van der Waals surface area contributed by atoms with Crippen molar-refractivity contribution in [2.24, 2.45) is 0 Å². The highest BCUT2D eigenvalue weighted by Crippen LogP contribution is 2.41. The lowest BCUT2D eigenvalue weighted by Crippen LogP contribution is -1.98. The van der Waals surface area contributed by atoms with E-state index in [4.69, 9.17) is 14.7 Å². The Kier molecular flexibility index (Phi) is 4.84.